The highest BCUT2D eigenvalue weighted by Gasteiger charge is 2.29. The Hall–Kier alpha value is -3.31. The molecule has 168 valence electrons. The highest BCUT2D eigenvalue weighted by Crippen LogP contribution is 2.33. The molecule has 0 fully saturated rings. The molecule has 0 spiro atoms. The van der Waals surface area contributed by atoms with Gasteiger partial charge in [0.15, 0.2) is 0 Å². The Labute approximate surface area is 189 Å². The molecular weight excluding hydrogens is 452 g/mol. The number of carbonyl (C=O) groups excluding carboxylic acids is 2. The summed E-state index contributed by atoms with van der Waals surface area (Å²) >= 11 is 1.12. The van der Waals surface area contributed by atoms with Crippen LogP contribution in [0.4, 0.5) is 11.5 Å². The summed E-state index contributed by atoms with van der Waals surface area (Å²) in [6, 6.07) is 14.2. The van der Waals surface area contributed by atoms with Crippen molar-refractivity contribution in [3.8, 4) is 0 Å². The first kappa shape index (κ1) is 23.4. The second-order valence-electron chi connectivity index (χ2n) is 6.55. The van der Waals surface area contributed by atoms with Gasteiger partial charge in [-0.25, -0.2) is 17.9 Å². The maximum atomic E-state index is 13.1. The third kappa shape index (κ3) is 4.94. The summed E-state index contributed by atoms with van der Waals surface area (Å²) in [4.78, 5) is 24.4. The van der Waals surface area contributed by atoms with Crippen LogP contribution in [0.1, 0.15) is 17.3 Å². The Morgan fingerprint density at radius 1 is 1.16 bits per heavy atom. The average molecular weight is 475 g/mol. The number of nitrogens with two attached hydrogens (primary N) is 1. The standard InChI is InChI=1S/C21H22N4O5S2/c1-3-30-21(27)14-8-7-9-15(12-14)23-17(26)13-25-19(22)18(20(24-25)31-2)32(28,29)16-10-5-4-6-11-16/h4-12H,3,13,22H2,1-2H3,(H,23,26). The summed E-state index contributed by atoms with van der Waals surface area (Å²) in [5.74, 6) is -1.12. The van der Waals surface area contributed by atoms with E-state index in [1.165, 1.54) is 18.2 Å². The maximum Gasteiger partial charge on any atom is 0.338 e. The highest BCUT2D eigenvalue weighted by molar-refractivity contribution is 7.99. The number of nitrogens with one attached hydrogen (secondary N) is 1. The number of nitrogen functional groups attached to an aromatic ring is 1. The van der Waals surface area contributed by atoms with Crippen LogP contribution in [0.15, 0.2) is 69.4 Å². The number of sulfone groups is 1. The number of ether oxygens (including phenoxy) is 1. The Morgan fingerprint density at radius 3 is 2.53 bits per heavy atom. The first-order valence-electron chi connectivity index (χ1n) is 9.55. The molecule has 11 heteroatoms. The van der Waals surface area contributed by atoms with E-state index >= 15 is 0 Å². The van der Waals surface area contributed by atoms with Crippen molar-refractivity contribution in [2.75, 3.05) is 23.9 Å². The quantitative estimate of drug-likeness (QED) is 0.376. The zero-order chi connectivity index (χ0) is 23.3. The summed E-state index contributed by atoms with van der Waals surface area (Å²) in [5.41, 5.74) is 6.79. The maximum absolute atomic E-state index is 13.1. The van der Waals surface area contributed by atoms with E-state index in [1.807, 2.05) is 0 Å². The summed E-state index contributed by atoms with van der Waals surface area (Å²) in [6.45, 7) is 1.63. The molecule has 1 aromatic heterocycles. The van der Waals surface area contributed by atoms with Crippen LogP contribution in [0.3, 0.4) is 0 Å². The summed E-state index contributed by atoms with van der Waals surface area (Å²) in [6.07, 6.45) is 1.68. The minimum atomic E-state index is -3.92. The second kappa shape index (κ2) is 9.88. The second-order valence-corrected chi connectivity index (χ2v) is 9.23. The zero-order valence-electron chi connectivity index (χ0n) is 17.4. The van der Waals surface area contributed by atoms with Crippen molar-refractivity contribution in [2.45, 2.75) is 28.3 Å². The Morgan fingerprint density at radius 2 is 1.88 bits per heavy atom. The molecule has 3 N–H and O–H groups in total. The molecule has 0 aliphatic heterocycles. The molecular formula is C21H22N4O5S2. The van der Waals surface area contributed by atoms with E-state index in [0.717, 1.165) is 16.4 Å². The van der Waals surface area contributed by atoms with Crippen LogP contribution in [0, 0.1) is 0 Å². The topological polar surface area (TPSA) is 133 Å². The smallest absolute Gasteiger partial charge is 0.338 e. The number of hydrogen-bond donors (Lipinski definition) is 2. The van der Waals surface area contributed by atoms with Gasteiger partial charge in [-0.1, -0.05) is 24.3 Å². The lowest BCUT2D eigenvalue weighted by molar-refractivity contribution is -0.116. The number of thioether (sulfide) groups is 1. The van der Waals surface area contributed by atoms with Crippen LogP contribution in [0.5, 0.6) is 0 Å². The predicted octanol–water partition coefficient (Wildman–Crippen LogP) is 2.84. The lowest BCUT2D eigenvalue weighted by atomic mass is 10.2. The van der Waals surface area contributed by atoms with Gasteiger partial charge in [0.2, 0.25) is 15.7 Å². The minimum Gasteiger partial charge on any atom is -0.462 e. The average Bonchev–Trinajstić information content (AvgIpc) is 3.10. The van der Waals surface area contributed by atoms with E-state index in [0.29, 0.717) is 11.3 Å². The van der Waals surface area contributed by atoms with E-state index in [1.54, 1.807) is 49.6 Å². The number of carbonyl (C=O) groups is 2. The summed E-state index contributed by atoms with van der Waals surface area (Å²) in [7, 11) is -3.92. The number of esters is 1. The molecule has 0 aliphatic carbocycles. The number of amides is 1. The molecule has 9 nitrogen and oxygen atoms in total. The summed E-state index contributed by atoms with van der Waals surface area (Å²) in [5, 5.41) is 7.06. The predicted molar refractivity (Wildman–Crippen MR) is 121 cm³/mol. The van der Waals surface area contributed by atoms with E-state index in [4.69, 9.17) is 10.5 Å². The zero-order valence-corrected chi connectivity index (χ0v) is 19.1. The molecule has 2 aromatic carbocycles. The minimum absolute atomic E-state index is 0.0850. The lowest BCUT2D eigenvalue weighted by Gasteiger charge is -2.09. The third-order valence-electron chi connectivity index (χ3n) is 4.38. The monoisotopic (exact) mass is 474 g/mol. The van der Waals surface area contributed by atoms with Crippen molar-refractivity contribution < 1.29 is 22.7 Å². The molecule has 0 aliphatic rings. The van der Waals surface area contributed by atoms with Crippen LogP contribution >= 0.6 is 11.8 Å². The van der Waals surface area contributed by atoms with Gasteiger partial charge in [-0.15, -0.1) is 11.8 Å². The van der Waals surface area contributed by atoms with Crippen LogP contribution < -0.4 is 11.1 Å². The molecule has 0 saturated heterocycles. The van der Waals surface area contributed by atoms with E-state index in [9.17, 15) is 18.0 Å². The van der Waals surface area contributed by atoms with Crippen molar-refractivity contribution in [3.63, 3.8) is 0 Å². The Balaban J connectivity index is 1.84. The van der Waals surface area contributed by atoms with Gasteiger partial charge in [0.1, 0.15) is 22.3 Å². The Kier molecular flexibility index (Phi) is 7.21. The SMILES string of the molecule is CCOC(=O)c1cccc(NC(=O)Cn2nc(SC)c(S(=O)(=O)c3ccccc3)c2N)c1. The molecule has 0 saturated carbocycles. The largest absolute Gasteiger partial charge is 0.462 e. The molecule has 1 amide bonds. The first-order valence-corrected chi connectivity index (χ1v) is 12.3. The fourth-order valence-corrected chi connectivity index (χ4v) is 5.39. The van der Waals surface area contributed by atoms with Gasteiger partial charge in [-0.05, 0) is 43.5 Å². The van der Waals surface area contributed by atoms with Gasteiger partial charge in [-0.3, -0.25) is 4.79 Å². The fraction of sp³-hybridized carbons (Fsp3) is 0.190. The number of benzene rings is 2. The van der Waals surface area contributed by atoms with Crippen LogP contribution in [-0.2, 0) is 25.9 Å². The number of hydrogen-bond acceptors (Lipinski definition) is 8. The van der Waals surface area contributed by atoms with E-state index in [-0.39, 0.29) is 33.8 Å². The molecule has 1 heterocycles. The van der Waals surface area contributed by atoms with E-state index in [2.05, 4.69) is 10.4 Å². The lowest BCUT2D eigenvalue weighted by Crippen LogP contribution is -2.21. The number of anilines is 2. The fourth-order valence-electron chi connectivity index (χ4n) is 2.93. The third-order valence-corrected chi connectivity index (χ3v) is 7.02. The van der Waals surface area contributed by atoms with Crippen molar-refractivity contribution in [1.29, 1.82) is 0 Å². The summed E-state index contributed by atoms with van der Waals surface area (Å²) < 4.78 is 32.3. The first-order chi connectivity index (χ1) is 15.3. The van der Waals surface area contributed by atoms with Crippen molar-refractivity contribution in [3.05, 3.63) is 60.2 Å². The van der Waals surface area contributed by atoms with Crippen LogP contribution in [0.25, 0.3) is 0 Å². The van der Waals surface area contributed by atoms with Gasteiger partial charge in [0, 0.05) is 5.69 Å². The molecule has 0 bridgehead atoms. The normalized spacial score (nSPS) is 11.2. The molecule has 3 aromatic rings. The highest BCUT2D eigenvalue weighted by atomic mass is 32.2. The number of nitrogens with zero attached hydrogens (tertiary/aromatic N) is 2. The molecule has 0 atom stereocenters. The molecule has 3 rings (SSSR count). The molecule has 0 radical (unpaired) electrons. The molecule has 0 unspecified atom stereocenters. The van der Waals surface area contributed by atoms with Crippen molar-refractivity contribution >= 4 is 45.0 Å². The van der Waals surface area contributed by atoms with Crippen molar-refractivity contribution in [2.24, 2.45) is 0 Å². The van der Waals surface area contributed by atoms with Gasteiger partial charge in [0.05, 0.1) is 17.1 Å². The van der Waals surface area contributed by atoms with Crippen molar-refractivity contribution in [1.82, 2.24) is 9.78 Å². The van der Waals surface area contributed by atoms with Gasteiger partial charge < -0.3 is 15.8 Å². The number of rotatable bonds is 8. The van der Waals surface area contributed by atoms with Crippen LogP contribution in [-0.4, -0.2) is 42.9 Å². The van der Waals surface area contributed by atoms with Crippen LogP contribution in [0.2, 0.25) is 0 Å². The van der Waals surface area contributed by atoms with E-state index < -0.39 is 21.7 Å². The number of aromatic nitrogens is 2. The van der Waals surface area contributed by atoms with Gasteiger partial charge in [0.25, 0.3) is 0 Å². The molecule has 32 heavy (non-hydrogen) atoms. The van der Waals surface area contributed by atoms with Gasteiger partial charge >= 0.3 is 5.97 Å². The van der Waals surface area contributed by atoms with Gasteiger partial charge in [-0.2, -0.15) is 5.10 Å². The Bertz CT molecular complexity index is 1240.